The Morgan fingerprint density at radius 3 is 2.79 bits per heavy atom. The van der Waals surface area contributed by atoms with Gasteiger partial charge in [-0.2, -0.15) is 4.57 Å². The van der Waals surface area contributed by atoms with Crippen LogP contribution in [0.5, 0.6) is 0 Å². The van der Waals surface area contributed by atoms with Gasteiger partial charge in [-0.05, 0) is 17.5 Å². The zero-order valence-electron chi connectivity index (χ0n) is 10.7. The molecule has 1 heterocycles. The van der Waals surface area contributed by atoms with E-state index in [4.69, 9.17) is 5.11 Å². The van der Waals surface area contributed by atoms with Crippen LogP contribution in [0.1, 0.15) is 5.01 Å². The van der Waals surface area contributed by atoms with Crippen LogP contribution >= 0.6 is 11.3 Å². The minimum atomic E-state index is -0.722. The van der Waals surface area contributed by atoms with Crippen molar-refractivity contribution in [1.82, 2.24) is 0 Å². The molecule has 1 aromatic heterocycles. The lowest BCUT2D eigenvalue weighted by atomic mass is 10.1. The van der Waals surface area contributed by atoms with Crippen LogP contribution in [0, 0.1) is 6.92 Å². The quantitative estimate of drug-likeness (QED) is 0.718. The second kappa shape index (κ2) is 4.89. The average Bonchev–Trinajstić information content (AvgIpc) is 2.75. The van der Waals surface area contributed by atoms with Crippen LogP contribution in [0.2, 0.25) is 0 Å². The summed E-state index contributed by atoms with van der Waals surface area (Å²) in [6.45, 7) is 2.26. The number of aliphatic hydroxyl groups is 2. The number of aryl methyl sites for hydroxylation is 1. The summed E-state index contributed by atoms with van der Waals surface area (Å²) in [5.74, 6) is 0. The maximum Gasteiger partial charge on any atom is 0.235 e. The Morgan fingerprint density at radius 2 is 2.00 bits per heavy atom. The molecule has 0 fully saturated rings. The molecule has 0 aliphatic rings. The number of benzene rings is 2. The fourth-order valence-electron chi connectivity index (χ4n) is 2.46. The van der Waals surface area contributed by atoms with Crippen molar-refractivity contribution in [1.29, 1.82) is 0 Å². The molecule has 0 aliphatic carbocycles. The molecule has 4 heteroatoms. The van der Waals surface area contributed by atoms with Crippen LogP contribution in [-0.4, -0.2) is 22.9 Å². The topological polar surface area (TPSA) is 44.3 Å². The number of aromatic nitrogens is 1. The maximum atomic E-state index is 9.72. The molecule has 0 bridgehead atoms. The molecule has 1 unspecified atom stereocenters. The third-order valence-corrected chi connectivity index (χ3v) is 4.44. The molecule has 0 amide bonds. The van der Waals surface area contributed by atoms with E-state index in [0.717, 1.165) is 10.5 Å². The highest BCUT2D eigenvalue weighted by molar-refractivity contribution is 7.18. The first-order chi connectivity index (χ1) is 9.20. The van der Waals surface area contributed by atoms with Crippen LogP contribution in [0.3, 0.4) is 0 Å². The van der Waals surface area contributed by atoms with E-state index in [1.54, 1.807) is 11.3 Å². The van der Waals surface area contributed by atoms with E-state index in [9.17, 15) is 5.11 Å². The Balaban J connectivity index is 2.30. The molecule has 0 saturated heterocycles. The van der Waals surface area contributed by atoms with Crippen LogP contribution in [-0.2, 0) is 6.54 Å². The first-order valence-corrected chi connectivity index (χ1v) is 7.12. The van der Waals surface area contributed by atoms with Gasteiger partial charge in [-0.1, -0.05) is 35.6 Å². The summed E-state index contributed by atoms with van der Waals surface area (Å²) < 4.78 is 3.31. The van der Waals surface area contributed by atoms with Gasteiger partial charge in [0.25, 0.3) is 0 Å². The minimum absolute atomic E-state index is 0.214. The Morgan fingerprint density at radius 1 is 1.21 bits per heavy atom. The van der Waals surface area contributed by atoms with E-state index in [2.05, 4.69) is 28.8 Å². The smallest absolute Gasteiger partial charge is 0.235 e. The summed E-state index contributed by atoms with van der Waals surface area (Å²) in [4.78, 5) is 0. The normalized spacial score (nSPS) is 13.2. The molecule has 0 radical (unpaired) electrons. The van der Waals surface area contributed by atoms with Gasteiger partial charge in [0, 0.05) is 6.92 Å². The van der Waals surface area contributed by atoms with E-state index in [0.29, 0.717) is 6.54 Å². The van der Waals surface area contributed by atoms with Crippen molar-refractivity contribution in [2.75, 3.05) is 6.61 Å². The molecule has 0 saturated carbocycles. The van der Waals surface area contributed by atoms with Gasteiger partial charge in [0.2, 0.25) is 10.5 Å². The third kappa shape index (κ3) is 2.12. The number of nitrogens with zero attached hydrogens (tertiary/aromatic N) is 1. The molecule has 3 rings (SSSR count). The molecule has 19 heavy (non-hydrogen) atoms. The summed E-state index contributed by atoms with van der Waals surface area (Å²) in [6.07, 6.45) is -0.722. The van der Waals surface area contributed by atoms with Gasteiger partial charge >= 0.3 is 0 Å². The second-order valence-corrected chi connectivity index (χ2v) is 5.94. The zero-order valence-corrected chi connectivity index (χ0v) is 11.5. The Bertz CT molecular complexity index is 735. The van der Waals surface area contributed by atoms with Crippen molar-refractivity contribution in [2.24, 2.45) is 0 Å². The van der Waals surface area contributed by atoms with Crippen molar-refractivity contribution in [2.45, 2.75) is 19.6 Å². The van der Waals surface area contributed by atoms with Crippen molar-refractivity contribution < 1.29 is 14.8 Å². The van der Waals surface area contributed by atoms with Gasteiger partial charge in [0.05, 0.1) is 12.0 Å². The van der Waals surface area contributed by atoms with Crippen molar-refractivity contribution in [3.05, 3.63) is 41.4 Å². The molecule has 0 spiro atoms. The number of hydrogen-bond donors (Lipinski definition) is 2. The summed E-state index contributed by atoms with van der Waals surface area (Å²) in [5, 5.41) is 22.3. The number of rotatable bonds is 3. The number of fused-ring (bicyclic) bond motifs is 3. The molecule has 3 nitrogen and oxygen atoms in total. The largest absolute Gasteiger partial charge is 0.393 e. The van der Waals surface area contributed by atoms with Gasteiger partial charge in [0.15, 0.2) is 6.54 Å². The Hall–Kier alpha value is -1.49. The first kappa shape index (κ1) is 12.5. The lowest BCUT2D eigenvalue weighted by molar-refractivity contribution is -0.679. The zero-order chi connectivity index (χ0) is 13.4. The van der Waals surface area contributed by atoms with Crippen LogP contribution in [0.25, 0.3) is 21.0 Å². The Kier molecular flexibility index (Phi) is 3.22. The molecule has 2 N–H and O–H groups in total. The first-order valence-electron chi connectivity index (χ1n) is 6.30. The van der Waals surface area contributed by atoms with Crippen molar-refractivity contribution in [3.63, 3.8) is 0 Å². The summed E-state index contributed by atoms with van der Waals surface area (Å²) in [6, 6.07) is 12.5. The number of thiazole rings is 1. The SMILES string of the molecule is Cc1sc2ccc3ccccc3c2[n+]1CC(O)CO. The highest BCUT2D eigenvalue weighted by atomic mass is 32.1. The van der Waals surface area contributed by atoms with E-state index >= 15 is 0 Å². The molecule has 1 atom stereocenters. The predicted octanol–water partition coefficient (Wildman–Crippen LogP) is 2.00. The highest BCUT2D eigenvalue weighted by Crippen LogP contribution is 2.27. The standard InChI is InChI=1S/C15H16NO2S/c1-10-16(8-12(18)9-17)15-13-5-3-2-4-11(13)6-7-14(15)19-10/h2-7,12,17-18H,8-9H2,1H3/q+1. The average molecular weight is 274 g/mol. The highest BCUT2D eigenvalue weighted by Gasteiger charge is 2.22. The van der Waals surface area contributed by atoms with E-state index < -0.39 is 6.10 Å². The Labute approximate surface area is 115 Å². The van der Waals surface area contributed by atoms with Gasteiger partial charge < -0.3 is 10.2 Å². The van der Waals surface area contributed by atoms with E-state index in [1.165, 1.54) is 15.5 Å². The summed E-state index contributed by atoms with van der Waals surface area (Å²) >= 11 is 1.72. The molecular formula is C15H16NO2S+. The monoisotopic (exact) mass is 274 g/mol. The summed E-state index contributed by atoms with van der Waals surface area (Å²) in [7, 11) is 0. The molecule has 0 aliphatic heterocycles. The fraction of sp³-hybridized carbons (Fsp3) is 0.267. The third-order valence-electron chi connectivity index (χ3n) is 3.38. The van der Waals surface area contributed by atoms with Crippen molar-refractivity contribution >= 4 is 32.3 Å². The molecule has 2 aromatic carbocycles. The van der Waals surface area contributed by atoms with E-state index in [-0.39, 0.29) is 6.61 Å². The van der Waals surface area contributed by atoms with E-state index in [1.807, 2.05) is 19.1 Å². The second-order valence-electron chi connectivity index (χ2n) is 4.70. The molecule has 3 aromatic rings. The van der Waals surface area contributed by atoms with Crippen LogP contribution in [0.4, 0.5) is 0 Å². The fourth-order valence-corrected chi connectivity index (χ4v) is 3.50. The van der Waals surface area contributed by atoms with Gasteiger partial charge in [0.1, 0.15) is 10.8 Å². The van der Waals surface area contributed by atoms with Gasteiger partial charge in [-0.3, -0.25) is 0 Å². The number of hydrogen-bond acceptors (Lipinski definition) is 3. The number of aliphatic hydroxyl groups excluding tert-OH is 2. The minimum Gasteiger partial charge on any atom is -0.393 e. The van der Waals surface area contributed by atoms with Crippen LogP contribution in [0.15, 0.2) is 36.4 Å². The lowest BCUT2D eigenvalue weighted by Gasteiger charge is -2.04. The van der Waals surface area contributed by atoms with Gasteiger partial charge in [-0.15, -0.1) is 0 Å². The predicted molar refractivity (Wildman–Crippen MR) is 77.4 cm³/mol. The van der Waals surface area contributed by atoms with Gasteiger partial charge in [-0.25, -0.2) is 0 Å². The maximum absolute atomic E-state index is 9.72. The summed E-state index contributed by atoms with van der Waals surface area (Å²) in [5.41, 5.74) is 1.15. The lowest BCUT2D eigenvalue weighted by Crippen LogP contribution is -2.42. The molecular weight excluding hydrogens is 258 g/mol. The van der Waals surface area contributed by atoms with Crippen LogP contribution < -0.4 is 4.57 Å². The molecule has 98 valence electrons. The van der Waals surface area contributed by atoms with Crippen molar-refractivity contribution in [3.8, 4) is 0 Å².